The number of guanidine groups is 1. The Morgan fingerprint density at radius 3 is 2.46 bits per heavy atom. The molecule has 142 valence electrons. The number of nitrogens with one attached hydrogen (secondary N) is 4. The zero-order valence-electron chi connectivity index (χ0n) is 15.4. The van der Waals surface area contributed by atoms with Crippen LogP contribution in [0.4, 0.5) is 0 Å². The van der Waals surface area contributed by atoms with E-state index in [1.54, 1.807) is 0 Å². The van der Waals surface area contributed by atoms with Gasteiger partial charge in [-0.25, -0.2) is 0 Å². The highest BCUT2D eigenvalue weighted by molar-refractivity contribution is 5.82. The molecular weight excluding hydrogens is 330 g/mol. The van der Waals surface area contributed by atoms with Crippen molar-refractivity contribution in [3.63, 3.8) is 0 Å². The monoisotopic (exact) mass is 359 g/mol. The van der Waals surface area contributed by atoms with E-state index in [2.05, 4.69) is 26.3 Å². The Bertz CT molecular complexity index is 599. The molecule has 1 aromatic carbocycles. The molecule has 1 aromatic rings. The van der Waals surface area contributed by atoms with Gasteiger partial charge in [0, 0.05) is 38.5 Å². The molecule has 1 aliphatic carbocycles. The van der Waals surface area contributed by atoms with Gasteiger partial charge in [0.05, 0.1) is 6.54 Å². The maximum atomic E-state index is 11.9. The van der Waals surface area contributed by atoms with Crippen LogP contribution in [-0.4, -0.2) is 44.0 Å². The smallest absolute Gasteiger partial charge is 0.223 e. The van der Waals surface area contributed by atoms with Gasteiger partial charge < -0.3 is 21.3 Å². The third kappa shape index (κ3) is 8.00. The van der Waals surface area contributed by atoms with Gasteiger partial charge >= 0.3 is 0 Å². The van der Waals surface area contributed by atoms with Crippen molar-refractivity contribution >= 4 is 17.8 Å². The fraction of sp³-hybridized carbons (Fsp3) is 0.526. The van der Waals surface area contributed by atoms with Gasteiger partial charge in [0.15, 0.2) is 5.96 Å². The molecule has 0 aromatic heterocycles. The molecule has 2 amide bonds. The summed E-state index contributed by atoms with van der Waals surface area (Å²) >= 11 is 0. The quantitative estimate of drug-likeness (QED) is 0.282. The first-order valence-corrected chi connectivity index (χ1v) is 9.29. The van der Waals surface area contributed by atoms with Crippen LogP contribution < -0.4 is 21.3 Å². The molecule has 0 radical (unpaired) electrons. The first-order chi connectivity index (χ1) is 12.7. The second kappa shape index (κ2) is 11.1. The van der Waals surface area contributed by atoms with Crippen molar-refractivity contribution in [1.82, 2.24) is 21.3 Å². The largest absolute Gasteiger partial charge is 0.357 e. The Morgan fingerprint density at radius 2 is 1.77 bits per heavy atom. The summed E-state index contributed by atoms with van der Waals surface area (Å²) in [5, 5.41) is 12.1. The minimum Gasteiger partial charge on any atom is -0.357 e. The van der Waals surface area contributed by atoms with Crippen molar-refractivity contribution in [2.24, 2.45) is 10.9 Å². The van der Waals surface area contributed by atoms with Crippen molar-refractivity contribution < 1.29 is 9.59 Å². The molecule has 2 rings (SSSR count). The summed E-state index contributed by atoms with van der Waals surface area (Å²) in [5.74, 6) is 1.00. The molecule has 1 saturated carbocycles. The van der Waals surface area contributed by atoms with Gasteiger partial charge in [-0.2, -0.15) is 0 Å². The van der Waals surface area contributed by atoms with Crippen LogP contribution in [0.25, 0.3) is 0 Å². The predicted octanol–water partition coefficient (Wildman–Crippen LogP) is 0.774. The van der Waals surface area contributed by atoms with E-state index in [1.807, 2.05) is 37.3 Å². The number of carbonyl (C=O) groups excluding carboxylic acids is 2. The number of hydrogen-bond acceptors (Lipinski definition) is 3. The molecule has 4 N–H and O–H groups in total. The molecule has 0 unspecified atom stereocenters. The average Bonchev–Trinajstić information content (AvgIpc) is 3.49. The van der Waals surface area contributed by atoms with Crippen molar-refractivity contribution in [3.05, 3.63) is 35.9 Å². The highest BCUT2D eigenvalue weighted by Gasteiger charge is 2.28. The minimum atomic E-state index is -0.0230. The molecule has 26 heavy (non-hydrogen) atoms. The fourth-order valence-electron chi connectivity index (χ4n) is 2.35. The first kappa shape index (κ1) is 19.8. The van der Waals surface area contributed by atoms with E-state index >= 15 is 0 Å². The van der Waals surface area contributed by atoms with Crippen molar-refractivity contribution in [2.75, 3.05) is 26.2 Å². The Balaban J connectivity index is 1.61. The number of aliphatic imine (C=N–C) groups is 1. The lowest BCUT2D eigenvalue weighted by Gasteiger charge is -2.12. The summed E-state index contributed by atoms with van der Waals surface area (Å²) in [7, 11) is 0. The van der Waals surface area contributed by atoms with Crippen molar-refractivity contribution in [2.45, 2.75) is 32.7 Å². The van der Waals surface area contributed by atoms with Gasteiger partial charge in [-0.05, 0) is 25.3 Å². The summed E-state index contributed by atoms with van der Waals surface area (Å²) in [6.07, 6.45) is 2.35. The maximum Gasteiger partial charge on any atom is 0.223 e. The molecule has 0 heterocycles. The fourth-order valence-corrected chi connectivity index (χ4v) is 2.35. The maximum absolute atomic E-state index is 11.9. The summed E-state index contributed by atoms with van der Waals surface area (Å²) in [6.45, 7) is 4.83. The number of nitrogens with zero attached hydrogens (tertiary/aromatic N) is 1. The van der Waals surface area contributed by atoms with Gasteiger partial charge in [-0.15, -0.1) is 0 Å². The zero-order chi connectivity index (χ0) is 18.6. The molecule has 0 aliphatic heterocycles. The van der Waals surface area contributed by atoms with Crippen LogP contribution >= 0.6 is 0 Å². The number of amides is 2. The molecule has 0 spiro atoms. The van der Waals surface area contributed by atoms with E-state index in [1.165, 1.54) is 0 Å². The highest BCUT2D eigenvalue weighted by Crippen LogP contribution is 2.28. The molecule has 0 saturated heterocycles. The first-order valence-electron chi connectivity index (χ1n) is 9.29. The van der Waals surface area contributed by atoms with E-state index in [0.717, 1.165) is 24.9 Å². The number of benzene rings is 1. The van der Waals surface area contributed by atoms with Gasteiger partial charge in [0.1, 0.15) is 0 Å². The summed E-state index contributed by atoms with van der Waals surface area (Å²) in [5.41, 5.74) is 1.08. The van der Waals surface area contributed by atoms with Gasteiger partial charge in [0.25, 0.3) is 0 Å². The molecule has 7 heteroatoms. The molecule has 7 nitrogen and oxygen atoms in total. The lowest BCUT2D eigenvalue weighted by molar-refractivity contribution is -0.122. The van der Waals surface area contributed by atoms with Crippen LogP contribution in [0, 0.1) is 5.92 Å². The third-order valence-electron chi connectivity index (χ3n) is 3.95. The molecule has 1 fully saturated rings. The van der Waals surface area contributed by atoms with Gasteiger partial charge in [0.2, 0.25) is 11.8 Å². The van der Waals surface area contributed by atoms with Crippen LogP contribution in [0.1, 0.15) is 31.7 Å². The Morgan fingerprint density at radius 1 is 1.04 bits per heavy atom. The highest BCUT2D eigenvalue weighted by atomic mass is 16.2. The predicted molar refractivity (Wildman–Crippen MR) is 103 cm³/mol. The molecule has 1 aliphatic rings. The van der Waals surface area contributed by atoms with Crippen LogP contribution in [0.5, 0.6) is 0 Å². The lowest BCUT2D eigenvalue weighted by Crippen LogP contribution is -2.42. The summed E-state index contributed by atoms with van der Waals surface area (Å²) in [4.78, 5) is 27.8. The number of carbonyl (C=O) groups is 2. The second-order valence-electron chi connectivity index (χ2n) is 6.27. The van der Waals surface area contributed by atoms with Crippen LogP contribution in [0.2, 0.25) is 0 Å². The molecule has 0 atom stereocenters. The van der Waals surface area contributed by atoms with Crippen LogP contribution in [0.15, 0.2) is 35.3 Å². The Hall–Kier alpha value is -2.57. The molecule has 0 bridgehead atoms. The lowest BCUT2D eigenvalue weighted by atomic mass is 10.2. The van der Waals surface area contributed by atoms with E-state index < -0.39 is 0 Å². The van der Waals surface area contributed by atoms with E-state index in [9.17, 15) is 9.59 Å². The Kier molecular flexibility index (Phi) is 8.45. The summed E-state index contributed by atoms with van der Waals surface area (Å²) in [6, 6.07) is 9.81. The zero-order valence-corrected chi connectivity index (χ0v) is 15.4. The topological polar surface area (TPSA) is 94.6 Å². The summed E-state index contributed by atoms with van der Waals surface area (Å²) < 4.78 is 0. The van der Waals surface area contributed by atoms with E-state index in [0.29, 0.717) is 38.6 Å². The van der Waals surface area contributed by atoms with Crippen LogP contribution in [0.3, 0.4) is 0 Å². The average molecular weight is 359 g/mol. The third-order valence-corrected chi connectivity index (χ3v) is 3.95. The van der Waals surface area contributed by atoms with Gasteiger partial charge in [-0.3, -0.25) is 14.6 Å². The van der Waals surface area contributed by atoms with Gasteiger partial charge in [-0.1, -0.05) is 30.3 Å². The van der Waals surface area contributed by atoms with Crippen LogP contribution in [-0.2, 0) is 16.1 Å². The second-order valence-corrected chi connectivity index (χ2v) is 6.27. The SMILES string of the molecule is CCNC(=NCCC(=O)NCc1ccccc1)NCCNC(=O)C1CC1. The normalized spacial score (nSPS) is 13.8. The molecular formula is C19H29N5O2. The minimum absolute atomic E-state index is 0.0230. The van der Waals surface area contributed by atoms with Crippen molar-refractivity contribution in [3.8, 4) is 0 Å². The number of hydrogen-bond donors (Lipinski definition) is 4. The van der Waals surface area contributed by atoms with E-state index in [4.69, 9.17) is 0 Å². The van der Waals surface area contributed by atoms with Crippen molar-refractivity contribution in [1.29, 1.82) is 0 Å². The van der Waals surface area contributed by atoms with E-state index in [-0.39, 0.29) is 17.7 Å². The Labute approximate surface area is 155 Å². The number of rotatable bonds is 10. The standard InChI is InChI=1S/C19H29N5O2/c1-2-20-19(23-13-12-21-18(26)16-8-9-16)22-11-10-17(25)24-14-15-6-4-3-5-7-15/h3-7,16H,2,8-14H2,1H3,(H,21,26)(H,24,25)(H2,20,22,23).